The number of fused-ring (bicyclic) bond motifs is 1. The molecule has 2 rings (SSSR count). The Morgan fingerprint density at radius 3 is 3.00 bits per heavy atom. The van der Waals surface area contributed by atoms with Crippen LogP contribution in [0.1, 0.15) is 23.6 Å². The minimum atomic E-state index is -0.192. The predicted molar refractivity (Wildman–Crippen MR) is 48.2 cm³/mol. The Morgan fingerprint density at radius 1 is 1.54 bits per heavy atom. The number of halogens is 1. The lowest BCUT2D eigenvalue weighted by molar-refractivity contribution is 0.410. The lowest BCUT2D eigenvalue weighted by atomic mass is 10.1. The molecule has 70 valence electrons. The Kier molecular flexibility index (Phi) is 1.96. The molecule has 1 aromatic rings. The van der Waals surface area contributed by atoms with Gasteiger partial charge >= 0.3 is 0 Å². The predicted octanol–water partition coefficient (Wildman–Crippen LogP) is 1.78. The van der Waals surface area contributed by atoms with Crippen molar-refractivity contribution in [1.82, 2.24) is 0 Å². The number of hydrogen-bond donors (Lipinski definition) is 1. The fraction of sp³-hybridized carbons (Fsp3) is 0.400. The third-order valence-corrected chi connectivity index (χ3v) is 2.54. The van der Waals surface area contributed by atoms with E-state index in [0.717, 1.165) is 24.0 Å². The topological polar surface area (TPSA) is 35.2 Å². The molecule has 1 aliphatic rings. The number of hydrogen-bond acceptors (Lipinski definition) is 2. The van der Waals surface area contributed by atoms with Gasteiger partial charge in [0.2, 0.25) is 0 Å². The lowest BCUT2D eigenvalue weighted by Crippen LogP contribution is -2.05. The van der Waals surface area contributed by atoms with Crippen LogP contribution in [-0.4, -0.2) is 7.11 Å². The highest BCUT2D eigenvalue weighted by molar-refractivity contribution is 5.41. The van der Waals surface area contributed by atoms with Gasteiger partial charge in [-0.25, -0.2) is 4.39 Å². The molecule has 0 aliphatic heterocycles. The maximum absolute atomic E-state index is 13.4. The first kappa shape index (κ1) is 8.51. The van der Waals surface area contributed by atoms with Gasteiger partial charge in [-0.1, -0.05) is 0 Å². The van der Waals surface area contributed by atoms with E-state index in [4.69, 9.17) is 10.5 Å². The van der Waals surface area contributed by atoms with Gasteiger partial charge in [0, 0.05) is 12.1 Å². The highest BCUT2D eigenvalue weighted by Crippen LogP contribution is 2.34. The Labute approximate surface area is 76.5 Å². The standard InChI is InChI=1S/C10H12FNO/c1-13-6-4-8-7(9(11)5-6)2-3-10(8)12/h4-5,10H,2-3,12H2,1H3/t10-/m0/s1. The summed E-state index contributed by atoms with van der Waals surface area (Å²) in [5.41, 5.74) is 7.47. The van der Waals surface area contributed by atoms with Crippen molar-refractivity contribution in [2.45, 2.75) is 18.9 Å². The van der Waals surface area contributed by atoms with Crippen molar-refractivity contribution in [3.05, 3.63) is 29.1 Å². The van der Waals surface area contributed by atoms with Crippen molar-refractivity contribution in [2.24, 2.45) is 5.73 Å². The fourth-order valence-electron chi connectivity index (χ4n) is 1.80. The third kappa shape index (κ3) is 1.29. The largest absolute Gasteiger partial charge is 0.497 e. The highest BCUT2D eigenvalue weighted by Gasteiger charge is 2.22. The van der Waals surface area contributed by atoms with Crippen LogP contribution in [-0.2, 0) is 6.42 Å². The first-order chi connectivity index (χ1) is 6.22. The molecule has 1 aliphatic carbocycles. The molecule has 0 bridgehead atoms. The van der Waals surface area contributed by atoms with Gasteiger partial charge in [0.1, 0.15) is 11.6 Å². The molecule has 0 aromatic heterocycles. The van der Waals surface area contributed by atoms with Gasteiger partial charge in [-0.15, -0.1) is 0 Å². The molecule has 0 amide bonds. The SMILES string of the molecule is COc1cc(F)c2c(c1)[C@@H](N)CC2. The number of benzene rings is 1. The Morgan fingerprint density at radius 2 is 2.31 bits per heavy atom. The van der Waals surface area contributed by atoms with Crippen molar-refractivity contribution in [3.8, 4) is 5.75 Å². The van der Waals surface area contributed by atoms with Crippen LogP contribution >= 0.6 is 0 Å². The lowest BCUT2D eigenvalue weighted by Gasteiger charge is -2.07. The maximum atomic E-state index is 13.4. The zero-order valence-electron chi connectivity index (χ0n) is 7.51. The van der Waals surface area contributed by atoms with E-state index in [-0.39, 0.29) is 11.9 Å². The molecule has 0 spiro atoms. The monoisotopic (exact) mass is 181 g/mol. The van der Waals surface area contributed by atoms with Gasteiger partial charge in [0.05, 0.1) is 7.11 Å². The quantitative estimate of drug-likeness (QED) is 0.716. The molecule has 0 saturated carbocycles. The second-order valence-corrected chi connectivity index (χ2v) is 3.32. The fourth-order valence-corrected chi connectivity index (χ4v) is 1.80. The average Bonchev–Trinajstić information content (AvgIpc) is 2.48. The summed E-state index contributed by atoms with van der Waals surface area (Å²) in [6.45, 7) is 0. The van der Waals surface area contributed by atoms with Crippen LogP contribution in [0.2, 0.25) is 0 Å². The van der Waals surface area contributed by atoms with Gasteiger partial charge in [0.25, 0.3) is 0 Å². The van der Waals surface area contributed by atoms with E-state index in [1.165, 1.54) is 13.2 Å². The average molecular weight is 181 g/mol. The summed E-state index contributed by atoms with van der Waals surface area (Å²) in [5, 5.41) is 0. The van der Waals surface area contributed by atoms with Crippen molar-refractivity contribution in [1.29, 1.82) is 0 Å². The second-order valence-electron chi connectivity index (χ2n) is 3.32. The minimum absolute atomic E-state index is 0.0281. The molecule has 0 fully saturated rings. The molecule has 1 aromatic carbocycles. The van der Waals surface area contributed by atoms with Crippen LogP contribution in [0.15, 0.2) is 12.1 Å². The number of methoxy groups -OCH3 is 1. The molecule has 0 radical (unpaired) electrons. The third-order valence-electron chi connectivity index (χ3n) is 2.54. The van der Waals surface area contributed by atoms with E-state index >= 15 is 0 Å². The molecule has 0 unspecified atom stereocenters. The van der Waals surface area contributed by atoms with Crippen molar-refractivity contribution >= 4 is 0 Å². The first-order valence-corrected chi connectivity index (χ1v) is 4.34. The smallest absolute Gasteiger partial charge is 0.130 e. The molecular formula is C10H12FNO. The molecule has 3 heteroatoms. The molecule has 1 atom stereocenters. The van der Waals surface area contributed by atoms with E-state index < -0.39 is 0 Å². The Balaban J connectivity index is 2.53. The van der Waals surface area contributed by atoms with Crippen LogP contribution in [0.25, 0.3) is 0 Å². The van der Waals surface area contributed by atoms with E-state index in [9.17, 15) is 4.39 Å². The van der Waals surface area contributed by atoms with Crippen LogP contribution in [0.4, 0.5) is 4.39 Å². The Bertz CT molecular complexity index is 338. The first-order valence-electron chi connectivity index (χ1n) is 4.34. The maximum Gasteiger partial charge on any atom is 0.130 e. The van der Waals surface area contributed by atoms with Crippen molar-refractivity contribution in [2.75, 3.05) is 7.11 Å². The van der Waals surface area contributed by atoms with E-state index in [0.29, 0.717) is 5.75 Å². The van der Waals surface area contributed by atoms with E-state index in [2.05, 4.69) is 0 Å². The van der Waals surface area contributed by atoms with Crippen LogP contribution in [0, 0.1) is 5.82 Å². The molecular weight excluding hydrogens is 169 g/mol. The van der Waals surface area contributed by atoms with Crippen LogP contribution in [0.5, 0.6) is 5.75 Å². The molecule has 2 nitrogen and oxygen atoms in total. The van der Waals surface area contributed by atoms with Gasteiger partial charge in [0.15, 0.2) is 0 Å². The Hall–Kier alpha value is -1.09. The minimum Gasteiger partial charge on any atom is -0.497 e. The van der Waals surface area contributed by atoms with Gasteiger partial charge in [-0.3, -0.25) is 0 Å². The normalized spacial score (nSPS) is 20.1. The number of rotatable bonds is 1. The summed E-state index contributed by atoms with van der Waals surface area (Å²) in [6.07, 6.45) is 1.58. The summed E-state index contributed by atoms with van der Waals surface area (Å²) < 4.78 is 18.3. The zero-order valence-corrected chi connectivity index (χ0v) is 7.51. The molecule has 2 N–H and O–H groups in total. The molecule has 0 heterocycles. The van der Waals surface area contributed by atoms with Crippen molar-refractivity contribution in [3.63, 3.8) is 0 Å². The van der Waals surface area contributed by atoms with E-state index in [1.54, 1.807) is 0 Å². The molecule has 13 heavy (non-hydrogen) atoms. The molecule has 0 saturated heterocycles. The summed E-state index contributed by atoms with van der Waals surface area (Å²) >= 11 is 0. The number of nitrogens with two attached hydrogens (primary N) is 1. The summed E-state index contributed by atoms with van der Waals surface area (Å²) in [4.78, 5) is 0. The summed E-state index contributed by atoms with van der Waals surface area (Å²) in [6, 6.07) is 3.21. The summed E-state index contributed by atoms with van der Waals surface area (Å²) in [7, 11) is 1.53. The van der Waals surface area contributed by atoms with Crippen LogP contribution < -0.4 is 10.5 Å². The van der Waals surface area contributed by atoms with Gasteiger partial charge in [-0.05, 0) is 30.0 Å². The number of ether oxygens (including phenoxy) is 1. The van der Waals surface area contributed by atoms with Crippen molar-refractivity contribution < 1.29 is 9.13 Å². The second kappa shape index (κ2) is 3.00. The van der Waals surface area contributed by atoms with Gasteiger partial charge in [-0.2, -0.15) is 0 Å². The summed E-state index contributed by atoms with van der Waals surface area (Å²) in [5.74, 6) is 0.357. The zero-order chi connectivity index (χ0) is 9.42. The highest BCUT2D eigenvalue weighted by atomic mass is 19.1. The van der Waals surface area contributed by atoms with Gasteiger partial charge < -0.3 is 10.5 Å². The van der Waals surface area contributed by atoms with E-state index in [1.807, 2.05) is 6.07 Å². The van der Waals surface area contributed by atoms with Crippen LogP contribution in [0.3, 0.4) is 0 Å².